The predicted molar refractivity (Wildman–Crippen MR) is 114 cm³/mol. The fourth-order valence-electron chi connectivity index (χ4n) is 3.53. The van der Waals surface area contributed by atoms with Crippen LogP contribution >= 0.6 is 0 Å². The number of rotatable bonds is 11. The minimum atomic E-state index is -0.764. The zero-order valence-electron chi connectivity index (χ0n) is 16.6. The van der Waals surface area contributed by atoms with Crippen LogP contribution in [0.2, 0.25) is 0 Å². The van der Waals surface area contributed by atoms with E-state index >= 15 is 0 Å². The van der Waals surface area contributed by atoms with Gasteiger partial charge in [0.1, 0.15) is 5.41 Å². The highest BCUT2D eigenvalue weighted by molar-refractivity contribution is 5.99. The summed E-state index contributed by atoms with van der Waals surface area (Å²) in [7, 11) is 0. The summed E-state index contributed by atoms with van der Waals surface area (Å²) in [5.41, 5.74) is 2.78. The second-order valence-electron chi connectivity index (χ2n) is 7.95. The van der Waals surface area contributed by atoms with Gasteiger partial charge in [-0.25, -0.2) is 0 Å². The number of anilines is 1. The normalized spacial score (nSPS) is 14.2. The van der Waals surface area contributed by atoms with Gasteiger partial charge in [0.05, 0.1) is 6.07 Å². The number of carbonyl (C=O) groups is 1. The molecular weight excluding hydrogens is 344 g/mol. The van der Waals surface area contributed by atoms with Gasteiger partial charge in [0.15, 0.2) is 0 Å². The van der Waals surface area contributed by atoms with E-state index in [4.69, 9.17) is 5.26 Å². The van der Waals surface area contributed by atoms with Crippen LogP contribution in [0.5, 0.6) is 0 Å². The van der Waals surface area contributed by atoms with Crippen molar-refractivity contribution in [3.05, 3.63) is 65.7 Å². The fourth-order valence-corrected chi connectivity index (χ4v) is 3.53. The maximum atomic E-state index is 12.1. The highest BCUT2D eigenvalue weighted by Gasteiger charge is 2.50. The second-order valence-corrected chi connectivity index (χ2v) is 7.95. The van der Waals surface area contributed by atoms with Gasteiger partial charge in [-0.3, -0.25) is 4.79 Å². The van der Waals surface area contributed by atoms with E-state index in [-0.39, 0.29) is 5.91 Å². The molecule has 1 aliphatic rings. The summed E-state index contributed by atoms with van der Waals surface area (Å²) in [6.45, 7) is 0. The molecule has 0 aromatic heterocycles. The van der Waals surface area contributed by atoms with Gasteiger partial charge in [-0.05, 0) is 61.8 Å². The minimum absolute atomic E-state index is 0.157. The number of benzene rings is 2. The molecule has 146 valence electrons. The minimum Gasteiger partial charge on any atom is -0.325 e. The number of hydrogen-bond acceptors (Lipinski definition) is 2. The molecule has 0 radical (unpaired) electrons. The lowest BCUT2D eigenvalue weighted by atomic mass is 10.0. The Bertz CT molecular complexity index is 786. The number of hydrogen-bond donors (Lipinski definition) is 1. The molecule has 2 aromatic rings. The lowest BCUT2D eigenvalue weighted by Gasteiger charge is -2.09. The smallest absolute Gasteiger partial charge is 0.244 e. The molecule has 1 N–H and O–H groups in total. The summed E-state index contributed by atoms with van der Waals surface area (Å²) in [4.78, 5) is 12.1. The van der Waals surface area contributed by atoms with Crippen LogP contribution in [0.25, 0.3) is 0 Å². The van der Waals surface area contributed by atoms with Gasteiger partial charge >= 0.3 is 0 Å². The fraction of sp³-hybridized carbons (Fsp3) is 0.440. The van der Waals surface area contributed by atoms with Gasteiger partial charge < -0.3 is 5.32 Å². The molecule has 3 rings (SSSR count). The van der Waals surface area contributed by atoms with E-state index in [0.29, 0.717) is 12.8 Å². The first kappa shape index (κ1) is 20.1. The van der Waals surface area contributed by atoms with E-state index in [2.05, 4.69) is 53.9 Å². The van der Waals surface area contributed by atoms with Crippen LogP contribution in [0.15, 0.2) is 54.6 Å². The SMILES string of the molecule is N#CC1(C(=O)Nc2ccc(CCCCCCCCc3ccccc3)cc2)CC1. The first-order chi connectivity index (χ1) is 13.7. The van der Waals surface area contributed by atoms with Crippen LogP contribution < -0.4 is 5.32 Å². The number of unbranched alkanes of at least 4 members (excludes halogenated alkanes) is 5. The Morgan fingerprint density at radius 2 is 1.36 bits per heavy atom. The molecule has 0 bridgehead atoms. The van der Waals surface area contributed by atoms with E-state index in [0.717, 1.165) is 12.1 Å². The zero-order valence-corrected chi connectivity index (χ0v) is 16.6. The Labute approximate surface area is 168 Å². The Kier molecular flexibility index (Phi) is 7.25. The second kappa shape index (κ2) is 10.1. The average Bonchev–Trinajstić information content (AvgIpc) is 3.53. The molecule has 28 heavy (non-hydrogen) atoms. The number of nitriles is 1. The van der Waals surface area contributed by atoms with Crippen LogP contribution in [0, 0.1) is 16.7 Å². The molecule has 1 aliphatic carbocycles. The summed E-state index contributed by atoms with van der Waals surface area (Å²) >= 11 is 0. The van der Waals surface area contributed by atoms with E-state index in [9.17, 15) is 4.79 Å². The highest BCUT2D eigenvalue weighted by atomic mass is 16.2. The van der Waals surface area contributed by atoms with Crippen molar-refractivity contribution in [1.29, 1.82) is 5.26 Å². The van der Waals surface area contributed by atoms with Crippen molar-refractivity contribution < 1.29 is 4.79 Å². The summed E-state index contributed by atoms with van der Waals surface area (Å²) in [5.74, 6) is -0.157. The Morgan fingerprint density at radius 3 is 1.89 bits per heavy atom. The van der Waals surface area contributed by atoms with Crippen molar-refractivity contribution >= 4 is 11.6 Å². The topological polar surface area (TPSA) is 52.9 Å². The third-order valence-corrected chi connectivity index (χ3v) is 5.63. The molecule has 1 saturated carbocycles. The Hall–Kier alpha value is -2.60. The van der Waals surface area contributed by atoms with E-state index in [1.807, 2.05) is 12.1 Å². The number of amides is 1. The maximum absolute atomic E-state index is 12.1. The summed E-state index contributed by atoms with van der Waals surface area (Å²) < 4.78 is 0. The van der Waals surface area contributed by atoms with Crippen molar-refractivity contribution in [2.45, 2.75) is 64.2 Å². The van der Waals surface area contributed by atoms with Gasteiger partial charge in [-0.2, -0.15) is 5.26 Å². The number of aryl methyl sites for hydroxylation is 2. The van der Waals surface area contributed by atoms with Crippen molar-refractivity contribution in [1.82, 2.24) is 0 Å². The van der Waals surface area contributed by atoms with Crippen LogP contribution in [0.3, 0.4) is 0 Å². The maximum Gasteiger partial charge on any atom is 0.244 e. The highest BCUT2D eigenvalue weighted by Crippen LogP contribution is 2.45. The van der Waals surface area contributed by atoms with Crippen LogP contribution in [0.1, 0.15) is 62.5 Å². The van der Waals surface area contributed by atoms with Gasteiger partial charge in [0.2, 0.25) is 5.91 Å². The Morgan fingerprint density at radius 1 is 0.821 bits per heavy atom. The molecule has 1 amide bonds. The van der Waals surface area contributed by atoms with Crippen molar-refractivity contribution in [3.63, 3.8) is 0 Å². The largest absolute Gasteiger partial charge is 0.325 e. The third kappa shape index (κ3) is 5.96. The Balaban J connectivity index is 1.25. The molecule has 0 heterocycles. The molecule has 0 aliphatic heterocycles. The van der Waals surface area contributed by atoms with E-state index in [1.54, 1.807) is 0 Å². The zero-order chi connectivity index (χ0) is 19.7. The number of carbonyl (C=O) groups excluding carboxylic acids is 1. The van der Waals surface area contributed by atoms with Crippen molar-refractivity contribution in [2.24, 2.45) is 5.41 Å². The molecule has 2 aromatic carbocycles. The standard InChI is InChI=1S/C25H30N2O/c26-20-25(18-19-25)24(28)27-23-16-14-22(15-17-23)13-7-4-2-1-3-6-10-21-11-8-5-9-12-21/h5,8-9,11-12,14-17H,1-4,6-7,10,13,18-19H2,(H,27,28). The number of nitrogens with zero attached hydrogens (tertiary/aromatic N) is 1. The van der Waals surface area contributed by atoms with Crippen LogP contribution in [-0.4, -0.2) is 5.91 Å². The van der Waals surface area contributed by atoms with Crippen molar-refractivity contribution in [3.8, 4) is 6.07 Å². The summed E-state index contributed by atoms with van der Waals surface area (Å²) in [5, 5.41) is 11.9. The van der Waals surface area contributed by atoms with Gasteiger partial charge in [-0.15, -0.1) is 0 Å². The molecule has 0 spiro atoms. The lowest BCUT2D eigenvalue weighted by molar-refractivity contribution is -0.119. The van der Waals surface area contributed by atoms with Crippen LogP contribution in [-0.2, 0) is 17.6 Å². The average molecular weight is 375 g/mol. The summed E-state index contributed by atoms with van der Waals surface area (Å²) in [6, 6.07) is 20.9. The quantitative estimate of drug-likeness (QED) is 0.486. The first-order valence-electron chi connectivity index (χ1n) is 10.6. The molecule has 0 unspecified atom stereocenters. The number of nitrogens with one attached hydrogen (secondary N) is 1. The van der Waals surface area contributed by atoms with Crippen molar-refractivity contribution in [2.75, 3.05) is 5.32 Å². The van der Waals surface area contributed by atoms with Gasteiger partial charge in [0, 0.05) is 5.69 Å². The lowest BCUT2D eigenvalue weighted by Crippen LogP contribution is -2.22. The molecular formula is C25H30N2O. The van der Waals surface area contributed by atoms with E-state index < -0.39 is 5.41 Å². The molecule has 3 nitrogen and oxygen atoms in total. The van der Waals surface area contributed by atoms with Gasteiger partial charge in [-0.1, -0.05) is 68.1 Å². The molecule has 3 heteroatoms. The van der Waals surface area contributed by atoms with Gasteiger partial charge in [0.25, 0.3) is 0 Å². The first-order valence-corrected chi connectivity index (χ1v) is 10.6. The predicted octanol–water partition coefficient (Wildman–Crippen LogP) is 6.05. The molecule has 1 fully saturated rings. The molecule has 0 saturated heterocycles. The monoisotopic (exact) mass is 374 g/mol. The van der Waals surface area contributed by atoms with E-state index in [1.165, 1.54) is 56.1 Å². The third-order valence-electron chi connectivity index (χ3n) is 5.63. The molecule has 0 atom stereocenters. The van der Waals surface area contributed by atoms with Crippen LogP contribution in [0.4, 0.5) is 5.69 Å². The summed E-state index contributed by atoms with van der Waals surface area (Å²) in [6.07, 6.45) is 11.3.